The average molecular weight is 281 g/mol. The van der Waals surface area contributed by atoms with Crippen molar-refractivity contribution in [3.63, 3.8) is 0 Å². The van der Waals surface area contributed by atoms with Gasteiger partial charge in [0.1, 0.15) is 5.82 Å². The highest BCUT2D eigenvalue weighted by molar-refractivity contribution is 5.37. The molecule has 0 radical (unpaired) electrons. The molecule has 0 bridgehead atoms. The standard InChI is InChI=1S/C14H14F3N3/c1-2-11(10-6-4-3-5-7-10)18-13-9-8-12(19-20-13)14(15,16)17/h3-9,11H,2H2,1H3,(H,18,20). The number of nitrogens with zero attached hydrogens (tertiary/aromatic N) is 2. The van der Waals surface area contributed by atoms with Crippen molar-refractivity contribution in [2.24, 2.45) is 0 Å². The van der Waals surface area contributed by atoms with Gasteiger partial charge in [-0.2, -0.15) is 13.2 Å². The fourth-order valence-corrected chi connectivity index (χ4v) is 1.85. The Labute approximate surface area is 114 Å². The quantitative estimate of drug-likeness (QED) is 0.918. The zero-order valence-electron chi connectivity index (χ0n) is 10.9. The Morgan fingerprint density at radius 2 is 1.75 bits per heavy atom. The highest BCUT2D eigenvalue weighted by atomic mass is 19.4. The maximum absolute atomic E-state index is 12.4. The van der Waals surface area contributed by atoms with Crippen LogP contribution in [0.5, 0.6) is 0 Å². The minimum atomic E-state index is -4.46. The van der Waals surface area contributed by atoms with Crippen molar-refractivity contribution >= 4 is 5.82 Å². The van der Waals surface area contributed by atoms with E-state index in [9.17, 15) is 13.2 Å². The van der Waals surface area contributed by atoms with Gasteiger partial charge in [0.15, 0.2) is 5.69 Å². The normalized spacial score (nSPS) is 13.0. The van der Waals surface area contributed by atoms with Crippen molar-refractivity contribution < 1.29 is 13.2 Å². The van der Waals surface area contributed by atoms with Crippen LogP contribution in [0.2, 0.25) is 0 Å². The molecule has 1 unspecified atom stereocenters. The van der Waals surface area contributed by atoms with Gasteiger partial charge in [0.05, 0.1) is 6.04 Å². The molecular formula is C14H14F3N3. The maximum atomic E-state index is 12.4. The molecule has 0 saturated carbocycles. The molecule has 0 aliphatic rings. The van der Waals surface area contributed by atoms with Crippen LogP contribution in [0, 0.1) is 0 Å². The van der Waals surface area contributed by atoms with Gasteiger partial charge in [0, 0.05) is 0 Å². The predicted octanol–water partition coefficient (Wildman–Crippen LogP) is 4.06. The number of alkyl halides is 3. The van der Waals surface area contributed by atoms with Crippen molar-refractivity contribution in [1.29, 1.82) is 0 Å². The number of rotatable bonds is 4. The van der Waals surface area contributed by atoms with E-state index in [0.29, 0.717) is 5.82 Å². The number of aromatic nitrogens is 2. The Kier molecular flexibility index (Phi) is 4.22. The molecule has 6 heteroatoms. The first kappa shape index (κ1) is 14.3. The van der Waals surface area contributed by atoms with Gasteiger partial charge in [-0.1, -0.05) is 37.3 Å². The third-order valence-corrected chi connectivity index (χ3v) is 2.89. The summed E-state index contributed by atoms with van der Waals surface area (Å²) >= 11 is 0. The Hall–Kier alpha value is -2.11. The van der Waals surface area contributed by atoms with Gasteiger partial charge in [0.2, 0.25) is 0 Å². The SMILES string of the molecule is CCC(Nc1ccc(C(F)(F)F)nn1)c1ccccc1. The molecule has 1 aromatic heterocycles. The topological polar surface area (TPSA) is 37.8 Å². The highest BCUT2D eigenvalue weighted by Crippen LogP contribution is 2.28. The molecule has 1 N–H and O–H groups in total. The molecule has 1 heterocycles. The smallest absolute Gasteiger partial charge is 0.362 e. The second-order valence-corrected chi connectivity index (χ2v) is 4.32. The molecule has 1 atom stereocenters. The first-order valence-corrected chi connectivity index (χ1v) is 6.23. The summed E-state index contributed by atoms with van der Waals surface area (Å²) in [5.74, 6) is 0.328. The van der Waals surface area contributed by atoms with Gasteiger partial charge in [-0.25, -0.2) is 0 Å². The van der Waals surface area contributed by atoms with E-state index < -0.39 is 11.9 Å². The highest BCUT2D eigenvalue weighted by Gasteiger charge is 2.32. The van der Waals surface area contributed by atoms with Crippen molar-refractivity contribution in [3.05, 3.63) is 53.7 Å². The lowest BCUT2D eigenvalue weighted by molar-refractivity contribution is -0.141. The van der Waals surface area contributed by atoms with E-state index in [0.717, 1.165) is 18.1 Å². The van der Waals surface area contributed by atoms with Gasteiger partial charge in [-0.15, -0.1) is 10.2 Å². The summed E-state index contributed by atoms with van der Waals surface area (Å²) in [6.45, 7) is 1.99. The lowest BCUT2D eigenvalue weighted by Crippen LogP contribution is -2.13. The molecule has 20 heavy (non-hydrogen) atoms. The number of hydrogen-bond donors (Lipinski definition) is 1. The van der Waals surface area contributed by atoms with Crippen LogP contribution in [0.1, 0.15) is 30.6 Å². The van der Waals surface area contributed by atoms with Gasteiger partial charge >= 0.3 is 6.18 Å². The van der Waals surface area contributed by atoms with Crippen LogP contribution in [0.25, 0.3) is 0 Å². The van der Waals surface area contributed by atoms with Crippen molar-refractivity contribution in [2.45, 2.75) is 25.6 Å². The summed E-state index contributed by atoms with van der Waals surface area (Å²) in [5.41, 5.74) is 0.0625. The van der Waals surface area contributed by atoms with Crippen LogP contribution in [0.15, 0.2) is 42.5 Å². The number of halogens is 3. The molecule has 2 aromatic rings. The summed E-state index contributed by atoms with van der Waals surface area (Å²) in [4.78, 5) is 0. The van der Waals surface area contributed by atoms with E-state index in [4.69, 9.17) is 0 Å². The van der Waals surface area contributed by atoms with Gasteiger partial charge in [0.25, 0.3) is 0 Å². The van der Waals surface area contributed by atoms with E-state index in [2.05, 4.69) is 15.5 Å². The second kappa shape index (κ2) is 5.90. The van der Waals surface area contributed by atoms with E-state index in [1.54, 1.807) is 0 Å². The third kappa shape index (κ3) is 3.46. The lowest BCUT2D eigenvalue weighted by atomic mass is 10.0. The Balaban J connectivity index is 2.13. The first-order valence-electron chi connectivity index (χ1n) is 6.23. The second-order valence-electron chi connectivity index (χ2n) is 4.32. The molecule has 0 aliphatic carbocycles. The molecule has 1 aromatic carbocycles. The van der Waals surface area contributed by atoms with Crippen LogP contribution in [-0.2, 0) is 6.18 Å². The molecule has 0 amide bonds. The molecule has 0 saturated heterocycles. The van der Waals surface area contributed by atoms with E-state index >= 15 is 0 Å². The van der Waals surface area contributed by atoms with Crippen LogP contribution < -0.4 is 5.32 Å². The zero-order chi connectivity index (χ0) is 14.6. The van der Waals surface area contributed by atoms with Crippen LogP contribution in [-0.4, -0.2) is 10.2 Å². The molecule has 0 aliphatic heterocycles. The zero-order valence-corrected chi connectivity index (χ0v) is 10.9. The Morgan fingerprint density at radius 1 is 1.05 bits per heavy atom. The van der Waals surface area contributed by atoms with Crippen LogP contribution in [0.3, 0.4) is 0 Å². The van der Waals surface area contributed by atoms with Crippen molar-refractivity contribution in [2.75, 3.05) is 5.32 Å². The van der Waals surface area contributed by atoms with E-state index in [-0.39, 0.29) is 6.04 Å². The van der Waals surface area contributed by atoms with E-state index in [1.165, 1.54) is 6.07 Å². The number of nitrogens with one attached hydrogen (secondary N) is 1. The average Bonchev–Trinajstić information content (AvgIpc) is 2.45. The fraction of sp³-hybridized carbons (Fsp3) is 0.286. The largest absolute Gasteiger partial charge is 0.435 e. The summed E-state index contributed by atoms with van der Waals surface area (Å²) in [6.07, 6.45) is -3.68. The molecular weight excluding hydrogens is 267 g/mol. The lowest BCUT2D eigenvalue weighted by Gasteiger charge is -2.17. The third-order valence-electron chi connectivity index (χ3n) is 2.89. The van der Waals surface area contributed by atoms with Gasteiger partial charge < -0.3 is 5.32 Å². The maximum Gasteiger partial charge on any atom is 0.435 e. The van der Waals surface area contributed by atoms with Crippen molar-refractivity contribution in [1.82, 2.24) is 10.2 Å². The molecule has 2 rings (SSSR count). The Morgan fingerprint density at radius 3 is 2.25 bits per heavy atom. The minimum absolute atomic E-state index is 0.0118. The van der Waals surface area contributed by atoms with Crippen LogP contribution in [0.4, 0.5) is 19.0 Å². The molecule has 106 valence electrons. The van der Waals surface area contributed by atoms with Crippen LogP contribution >= 0.6 is 0 Å². The summed E-state index contributed by atoms with van der Waals surface area (Å²) in [6, 6.07) is 11.9. The molecule has 3 nitrogen and oxygen atoms in total. The predicted molar refractivity (Wildman–Crippen MR) is 70.1 cm³/mol. The molecule has 0 fully saturated rings. The minimum Gasteiger partial charge on any atom is -0.362 e. The summed E-state index contributed by atoms with van der Waals surface area (Å²) in [5, 5.41) is 9.85. The van der Waals surface area contributed by atoms with Gasteiger partial charge in [-0.05, 0) is 24.1 Å². The van der Waals surface area contributed by atoms with Crippen molar-refractivity contribution in [3.8, 4) is 0 Å². The Bertz CT molecular complexity index is 538. The fourth-order valence-electron chi connectivity index (χ4n) is 1.85. The van der Waals surface area contributed by atoms with Gasteiger partial charge in [-0.3, -0.25) is 0 Å². The summed E-state index contributed by atoms with van der Waals surface area (Å²) in [7, 11) is 0. The first-order chi connectivity index (χ1) is 9.50. The van der Waals surface area contributed by atoms with E-state index in [1.807, 2.05) is 37.3 Å². The number of hydrogen-bond acceptors (Lipinski definition) is 3. The number of benzene rings is 1. The molecule has 0 spiro atoms. The monoisotopic (exact) mass is 281 g/mol. The number of anilines is 1. The summed E-state index contributed by atoms with van der Waals surface area (Å²) < 4.78 is 37.2.